The molecule has 1 aromatic heterocycles. The molecule has 110 valence electrons. The lowest BCUT2D eigenvalue weighted by molar-refractivity contribution is 0.355. The van der Waals surface area contributed by atoms with E-state index in [1.165, 1.54) is 0 Å². The molecule has 0 aliphatic rings. The number of hydrogen-bond acceptors (Lipinski definition) is 6. The molecule has 2 aromatic rings. The van der Waals surface area contributed by atoms with Gasteiger partial charge >= 0.3 is 6.02 Å². The van der Waals surface area contributed by atoms with Crippen LogP contribution in [0.1, 0.15) is 5.56 Å². The summed E-state index contributed by atoms with van der Waals surface area (Å²) in [6.07, 6.45) is 1.71. The molecule has 0 bridgehead atoms. The summed E-state index contributed by atoms with van der Waals surface area (Å²) in [4.78, 5) is 4.09. The molecular weight excluding hydrogens is 268 g/mol. The number of rotatable bonds is 3. The average molecular weight is 286 g/mol. The number of benzene rings is 1. The van der Waals surface area contributed by atoms with Gasteiger partial charge in [-0.25, -0.2) is 15.9 Å². The van der Waals surface area contributed by atoms with Crippen molar-refractivity contribution in [2.45, 2.75) is 6.92 Å². The topological polar surface area (TPSA) is 116 Å². The number of aryl methyl sites for hydroxylation is 1. The molecule has 0 fully saturated rings. The fourth-order valence-electron chi connectivity index (χ4n) is 1.84. The van der Waals surface area contributed by atoms with Crippen LogP contribution in [0.2, 0.25) is 0 Å². The number of amidine groups is 1. The molecule has 0 atom stereocenters. The van der Waals surface area contributed by atoms with Crippen LogP contribution in [0.5, 0.6) is 5.75 Å². The Morgan fingerprint density at radius 2 is 2.05 bits per heavy atom. The number of anilines is 1. The Morgan fingerprint density at radius 3 is 2.67 bits per heavy atom. The van der Waals surface area contributed by atoms with E-state index in [4.69, 9.17) is 22.0 Å². The molecule has 0 aliphatic carbocycles. The Kier molecular flexibility index (Phi) is 4.24. The third-order valence-corrected chi connectivity index (χ3v) is 2.79. The fraction of sp³-hybridized carbons (Fsp3) is 0.143. The van der Waals surface area contributed by atoms with E-state index in [-0.39, 0.29) is 6.02 Å². The molecule has 1 aromatic carbocycles. The summed E-state index contributed by atoms with van der Waals surface area (Å²) in [5, 5.41) is 4.84. The number of hydrazine groups is 1. The summed E-state index contributed by atoms with van der Waals surface area (Å²) in [6, 6.07) is 9.22. The van der Waals surface area contributed by atoms with Crippen molar-refractivity contribution in [3.8, 4) is 16.9 Å². The molecule has 6 N–H and O–H groups in total. The third-order valence-electron chi connectivity index (χ3n) is 2.79. The standard InChI is InChI=1S/C14H18N6O/c1-9-3-5-11(21-14(16)19-20(2)17)7-12(9)10-4-6-13(15)18-8-10/h3-8H,17H2,1-2H3,(H2,15,18)(H2,16,19). The highest BCUT2D eigenvalue weighted by molar-refractivity contribution is 5.75. The van der Waals surface area contributed by atoms with Crippen LogP contribution in [0.15, 0.2) is 41.6 Å². The molecule has 7 nitrogen and oxygen atoms in total. The minimum atomic E-state index is -0.0368. The Bertz CT molecular complexity index is 651. The number of aromatic nitrogens is 1. The predicted octanol–water partition coefficient (Wildman–Crippen LogP) is 1.05. The first-order valence-corrected chi connectivity index (χ1v) is 6.28. The third kappa shape index (κ3) is 3.83. The molecule has 0 aliphatic heterocycles. The van der Waals surface area contributed by atoms with Gasteiger partial charge in [0, 0.05) is 18.8 Å². The molecular formula is C14H18N6O. The first-order valence-electron chi connectivity index (χ1n) is 6.28. The molecule has 0 radical (unpaired) electrons. The van der Waals surface area contributed by atoms with Crippen LogP contribution in [0, 0.1) is 6.92 Å². The number of nitrogens with two attached hydrogens (primary N) is 3. The van der Waals surface area contributed by atoms with Gasteiger partial charge in [0.2, 0.25) is 0 Å². The Hall–Kier alpha value is -2.80. The van der Waals surface area contributed by atoms with Gasteiger partial charge in [0.25, 0.3) is 0 Å². The van der Waals surface area contributed by atoms with Crippen LogP contribution in [0.4, 0.5) is 5.82 Å². The first kappa shape index (κ1) is 14.6. The summed E-state index contributed by atoms with van der Waals surface area (Å²) >= 11 is 0. The fourth-order valence-corrected chi connectivity index (χ4v) is 1.84. The highest BCUT2D eigenvalue weighted by Gasteiger charge is 2.06. The zero-order valence-electron chi connectivity index (χ0n) is 11.9. The lowest BCUT2D eigenvalue weighted by Crippen LogP contribution is -2.28. The summed E-state index contributed by atoms with van der Waals surface area (Å²) in [5.41, 5.74) is 14.2. The van der Waals surface area contributed by atoms with Gasteiger partial charge in [-0.05, 0) is 42.3 Å². The summed E-state index contributed by atoms with van der Waals surface area (Å²) < 4.78 is 5.43. The van der Waals surface area contributed by atoms with Crippen molar-refractivity contribution in [1.82, 2.24) is 10.1 Å². The van der Waals surface area contributed by atoms with Crippen LogP contribution in [-0.2, 0) is 0 Å². The number of hydrogen-bond donors (Lipinski definition) is 3. The molecule has 0 saturated carbocycles. The monoisotopic (exact) mass is 286 g/mol. The van der Waals surface area contributed by atoms with Crippen LogP contribution in [-0.4, -0.2) is 23.2 Å². The van der Waals surface area contributed by atoms with Crippen molar-refractivity contribution in [1.29, 1.82) is 0 Å². The predicted molar refractivity (Wildman–Crippen MR) is 83.0 cm³/mol. The van der Waals surface area contributed by atoms with Gasteiger partial charge in [0.15, 0.2) is 0 Å². The SMILES string of the molecule is Cc1ccc(O/C(N)=N/N(C)N)cc1-c1ccc(N)nc1. The second kappa shape index (κ2) is 6.10. The van der Waals surface area contributed by atoms with E-state index in [1.807, 2.05) is 31.2 Å². The van der Waals surface area contributed by atoms with Crippen molar-refractivity contribution in [3.63, 3.8) is 0 Å². The second-order valence-corrected chi connectivity index (χ2v) is 4.56. The smallest absolute Gasteiger partial charge is 0.310 e. The highest BCUT2D eigenvalue weighted by Crippen LogP contribution is 2.27. The van der Waals surface area contributed by atoms with E-state index in [1.54, 1.807) is 19.3 Å². The quantitative estimate of drug-likeness (QED) is 0.336. The van der Waals surface area contributed by atoms with Crippen LogP contribution in [0.3, 0.4) is 0 Å². The van der Waals surface area contributed by atoms with E-state index in [9.17, 15) is 0 Å². The number of ether oxygens (including phenoxy) is 1. The largest absolute Gasteiger partial charge is 0.425 e. The van der Waals surface area contributed by atoms with Gasteiger partial charge < -0.3 is 16.2 Å². The summed E-state index contributed by atoms with van der Waals surface area (Å²) in [7, 11) is 1.55. The number of nitrogens with zero attached hydrogens (tertiary/aromatic N) is 3. The van der Waals surface area contributed by atoms with E-state index < -0.39 is 0 Å². The van der Waals surface area contributed by atoms with Crippen molar-refractivity contribution in [2.24, 2.45) is 16.7 Å². The van der Waals surface area contributed by atoms with Crippen molar-refractivity contribution >= 4 is 11.8 Å². The molecule has 0 saturated heterocycles. The van der Waals surface area contributed by atoms with Gasteiger partial charge in [-0.3, -0.25) is 0 Å². The van der Waals surface area contributed by atoms with Gasteiger partial charge in [0.05, 0.1) is 0 Å². The van der Waals surface area contributed by atoms with E-state index >= 15 is 0 Å². The van der Waals surface area contributed by atoms with Crippen molar-refractivity contribution in [2.75, 3.05) is 12.8 Å². The van der Waals surface area contributed by atoms with Gasteiger partial charge in [-0.15, -0.1) is 5.10 Å². The average Bonchev–Trinajstić information content (AvgIpc) is 2.41. The molecule has 0 amide bonds. The lowest BCUT2D eigenvalue weighted by atomic mass is 10.0. The minimum absolute atomic E-state index is 0.0368. The molecule has 0 spiro atoms. The maximum Gasteiger partial charge on any atom is 0.310 e. The summed E-state index contributed by atoms with van der Waals surface area (Å²) in [6.45, 7) is 2.00. The van der Waals surface area contributed by atoms with Crippen molar-refractivity contribution in [3.05, 3.63) is 42.1 Å². The maximum atomic E-state index is 5.63. The van der Waals surface area contributed by atoms with E-state index in [0.29, 0.717) is 11.6 Å². The molecule has 0 unspecified atom stereocenters. The molecule has 1 heterocycles. The Labute approximate surface area is 123 Å². The van der Waals surface area contributed by atoms with E-state index in [2.05, 4.69) is 10.1 Å². The van der Waals surface area contributed by atoms with Crippen LogP contribution < -0.4 is 22.0 Å². The zero-order valence-corrected chi connectivity index (χ0v) is 11.9. The van der Waals surface area contributed by atoms with Crippen molar-refractivity contribution < 1.29 is 4.74 Å². The molecule has 21 heavy (non-hydrogen) atoms. The first-order chi connectivity index (χ1) is 9.95. The Balaban J connectivity index is 2.31. The van der Waals surface area contributed by atoms with Crippen LogP contribution in [0.25, 0.3) is 11.1 Å². The lowest BCUT2D eigenvalue weighted by Gasteiger charge is -2.11. The highest BCUT2D eigenvalue weighted by atomic mass is 16.5. The van der Waals surface area contributed by atoms with Gasteiger partial charge in [-0.2, -0.15) is 0 Å². The number of pyridine rings is 1. The van der Waals surface area contributed by atoms with Gasteiger partial charge in [0.1, 0.15) is 11.6 Å². The Morgan fingerprint density at radius 1 is 1.29 bits per heavy atom. The maximum absolute atomic E-state index is 5.63. The minimum Gasteiger partial charge on any atom is -0.425 e. The molecule has 7 heteroatoms. The second-order valence-electron chi connectivity index (χ2n) is 4.56. The van der Waals surface area contributed by atoms with E-state index in [0.717, 1.165) is 21.8 Å². The summed E-state index contributed by atoms with van der Waals surface area (Å²) in [5.74, 6) is 6.42. The van der Waals surface area contributed by atoms with Gasteiger partial charge in [-0.1, -0.05) is 6.07 Å². The van der Waals surface area contributed by atoms with Crippen LogP contribution >= 0.6 is 0 Å². The normalized spacial score (nSPS) is 11.3. The zero-order chi connectivity index (χ0) is 15.4. The number of hydrazone groups is 1. The number of nitrogen functional groups attached to an aromatic ring is 1. The molecule has 2 rings (SSSR count).